The minimum Gasteiger partial charge on any atom is -0.470 e. The molecule has 0 saturated carbocycles. The number of piperidine rings is 1. The third kappa shape index (κ3) is 5.43. The summed E-state index contributed by atoms with van der Waals surface area (Å²) in [6, 6.07) is 8.99. The van der Waals surface area contributed by atoms with Crippen LogP contribution in [0.5, 0.6) is 5.88 Å². The van der Waals surface area contributed by atoms with Crippen LogP contribution in [0.15, 0.2) is 42.6 Å². The number of carbonyl (C=O) groups excluding carboxylic acids is 1. The first kappa shape index (κ1) is 23.8. The van der Waals surface area contributed by atoms with Gasteiger partial charge in [0.1, 0.15) is 18.2 Å². The molecule has 3 aromatic rings. The number of nitrogens with zero attached hydrogens (tertiary/aromatic N) is 3. The Hall–Kier alpha value is -3.30. The number of nitrogens with two attached hydrogens (primary N) is 1. The van der Waals surface area contributed by atoms with Crippen molar-refractivity contribution in [2.45, 2.75) is 25.5 Å². The van der Waals surface area contributed by atoms with Crippen molar-refractivity contribution >= 4 is 23.3 Å². The summed E-state index contributed by atoms with van der Waals surface area (Å²) < 4.78 is 33.2. The van der Waals surface area contributed by atoms with E-state index in [1.807, 2.05) is 0 Å². The molecule has 0 aliphatic carbocycles. The number of anilines is 1. The number of amides is 1. The average Bonchev–Trinajstić information content (AvgIpc) is 2.84. The zero-order valence-electron chi connectivity index (χ0n) is 18.5. The van der Waals surface area contributed by atoms with E-state index < -0.39 is 11.6 Å². The van der Waals surface area contributed by atoms with Crippen molar-refractivity contribution in [2.24, 2.45) is 0 Å². The number of carbonyl (C=O) groups is 1. The van der Waals surface area contributed by atoms with Gasteiger partial charge in [0.25, 0.3) is 11.8 Å². The summed E-state index contributed by atoms with van der Waals surface area (Å²) in [4.78, 5) is 23.2. The summed E-state index contributed by atoms with van der Waals surface area (Å²) in [7, 11) is 2.07. The molecule has 3 N–H and O–H groups in total. The lowest BCUT2D eigenvalue weighted by Crippen LogP contribution is -2.43. The van der Waals surface area contributed by atoms with E-state index in [1.54, 1.807) is 24.3 Å². The fraction of sp³-hybridized carbons (Fsp3) is 0.292. The molecule has 7 nitrogen and oxygen atoms in total. The first-order valence-electron chi connectivity index (χ1n) is 10.8. The van der Waals surface area contributed by atoms with Crippen LogP contribution in [-0.4, -0.2) is 47.0 Å². The zero-order chi connectivity index (χ0) is 24.2. The Morgan fingerprint density at radius 3 is 2.56 bits per heavy atom. The Kier molecular flexibility index (Phi) is 7.23. The van der Waals surface area contributed by atoms with Crippen LogP contribution in [0, 0.1) is 11.6 Å². The van der Waals surface area contributed by atoms with Crippen LogP contribution in [0.2, 0.25) is 5.02 Å². The summed E-state index contributed by atoms with van der Waals surface area (Å²) in [5.74, 6) is -1.63. The van der Waals surface area contributed by atoms with Gasteiger partial charge in [0.05, 0.1) is 16.9 Å². The molecule has 1 saturated heterocycles. The van der Waals surface area contributed by atoms with E-state index in [4.69, 9.17) is 22.1 Å². The molecule has 0 atom stereocenters. The third-order valence-electron chi connectivity index (χ3n) is 5.76. The van der Waals surface area contributed by atoms with Crippen molar-refractivity contribution in [3.63, 3.8) is 0 Å². The second-order valence-corrected chi connectivity index (χ2v) is 8.56. The number of halogens is 3. The van der Waals surface area contributed by atoms with E-state index in [2.05, 4.69) is 27.2 Å². The minimum absolute atomic E-state index is 0.00851. The highest BCUT2D eigenvalue weighted by Crippen LogP contribution is 2.27. The Labute approximate surface area is 200 Å². The van der Waals surface area contributed by atoms with Crippen molar-refractivity contribution < 1.29 is 18.3 Å². The Morgan fingerprint density at radius 1 is 1.18 bits per heavy atom. The molecule has 178 valence electrons. The number of hydrogen-bond acceptors (Lipinski definition) is 6. The zero-order valence-corrected chi connectivity index (χ0v) is 19.3. The third-order valence-corrected chi connectivity index (χ3v) is 6.16. The standard InChI is InChI=1S/C24H24ClF2N5O2/c1-32-10-8-16(9-11-32)30-23(33)15-4-2-14(3-5-15)20-12-29-22(28)24(31-20)34-13-17-18(26)6-7-19(27)21(17)25/h2-7,12,16H,8-11,13H2,1H3,(H2,28,29)(H,30,33). The summed E-state index contributed by atoms with van der Waals surface area (Å²) in [6.45, 7) is 1.55. The van der Waals surface area contributed by atoms with Gasteiger partial charge in [-0.25, -0.2) is 18.7 Å². The van der Waals surface area contributed by atoms with Gasteiger partial charge in [-0.1, -0.05) is 23.7 Å². The van der Waals surface area contributed by atoms with E-state index >= 15 is 0 Å². The summed E-state index contributed by atoms with van der Waals surface area (Å²) in [6.07, 6.45) is 3.31. The van der Waals surface area contributed by atoms with Crippen LogP contribution in [0.3, 0.4) is 0 Å². The van der Waals surface area contributed by atoms with Crippen LogP contribution in [0.1, 0.15) is 28.8 Å². The monoisotopic (exact) mass is 487 g/mol. The molecule has 1 fully saturated rings. The molecular weight excluding hydrogens is 464 g/mol. The summed E-state index contributed by atoms with van der Waals surface area (Å²) >= 11 is 5.84. The van der Waals surface area contributed by atoms with Gasteiger partial charge in [0, 0.05) is 22.7 Å². The highest BCUT2D eigenvalue weighted by Gasteiger charge is 2.19. The van der Waals surface area contributed by atoms with E-state index in [-0.39, 0.29) is 40.8 Å². The SMILES string of the molecule is CN1CCC(NC(=O)c2ccc(-c3cnc(N)c(OCc4c(F)ccc(F)c4Cl)n3)cc2)CC1. The maximum Gasteiger partial charge on any atom is 0.258 e. The van der Waals surface area contributed by atoms with Crippen molar-refractivity contribution in [1.82, 2.24) is 20.2 Å². The largest absolute Gasteiger partial charge is 0.470 e. The van der Waals surface area contributed by atoms with Crippen LogP contribution in [0.25, 0.3) is 11.3 Å². The number of hydrogen-bond donors (Lipinski definition) is 2. The lowest BCUT2D eigenvalue weighted by molar-refractivity contribution is 0.0917. The van der Waals surface area contributed by atoms with E-state index in [0.717, 1.165) is 38.1 Å². The molecule has 0 bridgehead atoms. The maximum atomic E-state index is 14.0. The molecular formula is C24H24ClF2N5O2. The molecule has 4 rings (SSSR count). The number of benzene rings is 2. The van der Waals surface area contributed by atoms with E-state index in [1.165, 1.54) is 6.20 Å². The fourth-order valence-corrected chi connectivity index (χ4v) is 3.89. The molecule has 1 amide bonds. The molecule has 2 aromatic carbocycles. The lowest BCUT2D eigenvalue weighted by Gasteiger charge is -2.29. The van der Waals surface area contributed by atoms with Gasteiger partial charge >= 0.3 is 0 Å². The lowest BCUT2D eigenvalue weighted by atomic mass is 10.0. The summed E-state index contributed by atoms with van der Waals surface area (Å²) in [5.41, 5.74) is 7.36. The topological polar surface area (TPSA) is 93.4 Å². The Bertz CT molecular complexity index is 1180. The number of nitrogens with one attached hydrogen (secondary N) is 1. The number of rotatable bonds is 6. The van der Waals surface area contributed by atoms with E-state index in [9.17, 15) is 13.6 Å². The minimum atomic E-state index is -0.755. The Balaban J connectivity index is 1.45. The van der Waals surface area contributed by atoms with Gasteiger partial charge in [-0.2, -0.15) is 0 Å². The van der Waals surface area contributed by atoms with Crippen molar-refractivity contribution in [3.05, 3.63) is 70.4 Å². The van der Waals surface area contributed by atoms with Gasteiger partial charge in [0.2, 0.25) is 0 Å². The molecule has 1 aromatic heterocycles. The highest BCUT2D eigenvalue weighted by molar-refractivity contribution is 6.31. The molecule has 1 aliphatic heterocycles. The van der Waals surface area contributed by atoms with Gasteiger partial charge in [-0.3, -0.25) is 4.79 Å². The van der Waals surface area contributed by atoms with Crippen LogP contribution in [0.4, 0.5) is 14.6 Å². The van der Waals surface area contributed by atoms with Gasteiger partial charge in [-0.15, -0.1) is 0 Å². The molecule has 34 heavy (non-hydrogen) atoms. The van der Waals surface area contributed by atoms with Crippen molar-refractivity contribution in [3.8, 4) is 17.1 Å². The molecule has 10 heteroatoms. The molecule has 0 radical (unpaired) electrons. The first-order chi connectivity index (χ1) is 16.3. The highest BCUT2D eigenvalue weighted by atomic mass is 35.5. The molecule has 2 heterocycles. The second-order valence-electron chi connectivity index (χ2n) is 8.18. The van der Waals surface area contributed by atoms with E-state index in [0.29, 0.717) is 16.8 Å². The second kappa shape index (κ2) is 10.3. The van der Waals surface area contributed by atoms with Crippen molar-refractivity contribution in [2.75, 3.05) is 25.9 Å². The van der Waals surface area contributed by atoms with Crippen LogP contribution < -0.4 is 15.8 Å². The van der Waals surface area contributed by atoms with Crippen molar-refractivity contribution in [1.29, 1.82) is 0 Å². The smallest absolute Gasteiger partial charge is 0.258 e. The van der Waals surface area contributed by atoms with Crippen LogP contribution >= 0.6 is 11.6 Å². The van der Waals surface area contributed by atoms with Gasteiger partial charge < -0.3 is 20.7 Å². The maximum absolute atomic E-state index is 14.0. The van der Waals surface area contributed by atoms with Crippen LogP contribution in [-0.2, 0) is 6.61 Å². The molecule has 0 unspecified atom stereocenters. The quantitative estimate of drug-likeness (QED) is 0.509. The van der Waals surface area contributed by atoms with Gasteiger partial charge in [0.15, 0.2) is 5.82 Å². The normalized spacial score (nSPS) is 14.7. The predicted molar refractivity (Wildman–Crippen MR) is 126 cm³/mol. The fourth-order valence-electron chi connectivity index (χ4n) is 3.68. The number of likely N-dealkylation sites (tertiary alicyclic amines) is 1. The number of ether oxygens (including phenoxy) is 1. The molecule has 0 spiro atoms. The summed E-state index contributed by atoms with van der Waals surface area (Å²) in [5, 5.41) is 2.71. The Morgan fingerprint density at radius 2 is 1.85 bits per heavy atom. The van der Waals surface area contributed by atoms with Gasteiger partial charge in [-0.05, 0) is 57.2 Å². The average molecular weight is 488 g/mol. The first-order valence-corrected chi connectivity index (χ1v) is 11.2. The predicted octanol–water partition coefficient (Wildman–Crippen LogP) is 4.06. The number of nitrogen functional groups attached to an aromatic ring is 1. The molecule has 1 aliphatic rings. The number of aromatic nitrogens is 2.